The topological polar surface area (TPSA) is 59.1 Å². The lowest BCUT2D eigenvalue weighted by molar-refractivity contribution is -0.138. The predicted molar refractivity (Wildman–Crippen MR) is 39.8 cm³/mol. The summed E-state index contributed by atoms with van der Waals surface area (Å²) in [6.07, 6.45) is 1.31. The number of ether oxygens (including phenoxy) is 2. The van der Waals surface area contributed by atoms with Crippen molar-refractivity contribution in [2.45, 2.75) is 25.0 Å². The van der Waals surface area contributed by atoms with Crippen molar-refractivity contribution in [3.63, 3.8) is 0 Å². The fourth-order valence-electron chi connectivity index (χ4n) is 1.73. The quantitative estimate of drug-likeness (QED) is 0.607. The standard InChI is InChI=1S/C8H12O4/c9-8(10)7-6(12-7)5-1-3-11-4-2-5/h5-7H,1-4H2,(H,9,10). The van der Waals surface area contributed by atoms with E-state index in [1.165, 1.54) is 0 Å². The van der Waals surface area contributed by atoms with Gasteiger partial charge in [-0.1, -0.05) is 0 Å². The van der Waals surface area contributed by atoms with Crippen LogP contribution in [0.2, 0.25) is 0 Å². The Kier molecular flexibility index (Phi) is 2.02. The highest BCUT2D eigenvalue weighted by molar-refractivity contribution is 5.75. The Morgan fingerprint density at radius 2 is 2.00 bits per heavy atom. The molecule has 2 aliphatic heterocycles. The van der Waals surface area contributed by atoms with Crippen LogP contribution in [-0.2, 0) is 14.3 Å². The minimum Gasteiger partial charge on any atom is -0.479 e. The zero-order valence-corrected chi connectivity index (χ0v) is 6.73. The van der Waals surface area contributed by atoms with Crippen LogP contribution in [-0.4, -0.2) is 36.5 Å². The molecule has 0 amide bonds. The smallest absolute Gasteiger partial charge is 0.335 e. The number of carboxylic acids is 1. The van der Waals surface area contributed by atoms with E-state index in [0.29, 0.717) is 5.92 Å². The van der Waals surface area contributed by atoms with Gasteiger partial charge in [-0.25, -0.2) is 4.79 Å². The normalized spacial score (nSPS) is 36.3. The Morgan fingerprint density at radius 1 is 1.33 bits per heavy atom. The molecule has 2 unspecified atom stereocenters. The maximum atomic E-state index is 10.5. The van der Waals surface area contributed by atoms with E-state index in [9.17, 15) is 4.79 Å². The molecule has 0 bridgehead atoms. The van der Waals surface area contributed by atoms with E-state index < -0.39 is 12.1 Å². The monoisotopic (exact) mass is 172 g/mol. The molecular formula is C8H12O4. The Balaban J connectivity index is 1.83. The van der Waals surface area contributed by atoms with Crippen molar-refractivity contribution in [1.29, 1.82) is 0 Å². The Hall–Kier alpha value is -0.610. The van der Waals surface area contributed by atoms with E-state index >= 15 is 0 Å². The number of rotatable bonds is 2. The number of carboxylic acid groups (broad SMARTS) is 1. The molecule has 2 saturated heterocycles. The van der Waals surface area contributed by atoms with Crippen LogP contribution in [0.25, 0.3) is 0 Å². The minimum absolute atomic E-state index is 0.0357. The highest BCUT2D eigenvalue weighted by Gasteiger charge is 2.49. The second kappa shape index (κ2) is 3.03. The molecule has 0 radical (unpaired) electrons. The largest absolute Gasteiger partial charge is 0.479 e. The summed E-state index contributed by atoms with van der Waals surface area (Å²) in [6, 6.07) is 0. The molecule has 4 heteroatoms. The van der Waals surface area contributed by atoms with Gasteiger partial charge in [-0.2, -0.15) is 0 Å². The summed E-state index contributed by atoms with van der Waals surface area (Å²) in [5, 5.41) is 8.60. The summed E-state index contributed by atoms with van der Waals surface area (Å²) < 4.78 is 10.2. The van der Waals surface area contributed by atoms with E-state index in [1.54, 1.807) is 0 Å². The molecule has 68 valence electrons. The van der Waals surface area contributed by atoms with Gasteiger partial charge in [0.1, 0.15) is 0 Å². The third-order valence-corrected chi connectivity index (χ3v) is 2.50. The van der Waals surface area contributed by atoms with Gasteiger partial charge in [0, 0.05) is 13.2 Å². The average Bonchev–Trinajstić information content (AvgIpc) is 2.84. The lowest BCUT2D eigenvalue weighted by Gasteiger charge is -2.19. The SMILES string of the molecule is O=C(O)C1OC1C1CCOCC1. The van der Waals surface area contributed by atoms with Crippen molar-refractivity contribution < 1.29 is 19.4 Å². The maximum absolute atomic E-state index is 10.5. The average molecular weight is 172 g/mol. The molecule has 0 spiro atoms. The molecule has 12 heavy (non-hydrogen) atoms. The van der Waals surface area contributed by atoms with Crippen LogP contribution < -0.4 is 0 Å². The van der Waals surface area contributed by atoms with E-state index in [2.05, 4.69) is 0 Å². The summed E-state index contributed by atoms with van der Waals surface area (Å²) in [4.78, 5) is 10.5. The first-order chi connectivity index (χ1) is 5.79. The van der Waals surface area contributed by atoms with Crippen molar-refractivity contribution in [1.82, 2.24) is 0 Å². The third kappa shape index (κ3) is 1.44. The van der Waals surface area contributed by atoms with Gasteiger partial charge in [0.15, 0.2) is 6.10 Å². The molecule has 0 saturated carbocycles. The second-order valence-corrected chi connectivity index (χ2v) is 3.31. The molecule has 4 nitrogen and oxygen atoms in total. The first-order valence-electron chi connectivity index (χ1n) is 4.25. The molecule has 2 atom stereocenters. The molecule has 1 N–H and O–H groups in total. The minimum atomic E-state index is -0.827. The predicted octanol–water partition coefficient (Wildman–Crippen LogP) is 0.265. The number of carbonyl (C=O) groups is 1. The fraction of sp³-hybridized carbons (Fsp3) is 0.875. The van der Waals surface area contributed by atoms with Crippen LogP contribution in [0.5, 0.6) is 0 Å². The summed E-state index contributed by atoms with van der Waals surface area (Å²) in [7, 11) is 0. The highest BCUT2D eigenvalue weighted by Crippen LogP contribution is 2.35. The number of hydrogen-bond donors (Lipinski definition) is 1. The zero-order valence-electron chi connectivity index (χ0n) is 6.73. The van der Waals surface area contributed by atoms with E-state index in [1.807, 2.05) is 0 Å². The maximum Gasteiger partial charge on any atom is 0.335 e. The van der Waals surface area contributed by atoms with Gasteiger partial charge in [-0.05, 0) is 18.8 Å². The second-order valence-electron chi connectivity index (χ2n) is 3.31. The molecule has 2 heterocycles. The van der Waals surface area contributed by atoms with Crippen LogP contribution in [0.15, 0.2) is 0 Å². The molecule has 2 aliphatic rings. The number of hydrogen-bond acceptors (Lipinski definition) is 3. The van der Waals surface area contributed by atoms with Crippen molar-refractivity contribution in [3.05, 3.63) is 0 Å². The first kappa shape index (κ1) is 8.01. The van der Waals surface area contributed by atoms with Gasteiger partial charge in [-0.3, -0.25) is 0 Å². The first-order valence-corrected chi connectivity index (χ1v) is 4.25. The van der Waals surface area contributed by atoms with Crippen molar-refractivity contribution >= 4 is 5.97 Å². The molecule has 2 fully saturated rings. The van der Waals surface area contributed by atoms with Gasteiger partial charge in [-0.15, -0.1) is 0 Å². The van der Waals surface area contributed by atoms with Gasteiger partial charge < -0.3 is 14.6 Å². The zero-order chi connectivity index (χ0) is 8.55. The van der Waals surface area contributed by atoms with Crippen LogP contribution >= 0.6 is 0 Å². The molecular weight excluding hydrogens is 160 g/mol. The Labute approximate surface area is 70.5 Å². The van der Waals surface area contributed by atoms with Crippen molar-refractivity contribution in [3.8, 4) is 0 Å². The number of aliphatic carboxylic acids is 1. The molecule has 0 aromatic heterocycles. The summed E-state index contributed by atoms with van der Waals surface area (Å²) in [5.41, 5.74) is 0. The van der Waals surface area contributed by atoms with Crippen molar-refractivity contribution in [2.75, 3.05) is 13.2 Å². The molecule has 0 aromatic carbocycles. The van der Waals surface area contributed by atoms with E-state index in [0.717, 1.165) is 26.1 Å². The van der Waals surface area contributed by atoms with E-state index in [-0.39, 0.29) is 6.10 Å². The van der Waals surface area contributed by atoms with Crippen molar-refractivity contribution in [2.24, 2.45) is 5.92 Å². The van der Waals surface area contributed by atoms with Gasteiger partial charge in [0.2, 0.25) is 0 Å². The van der Waals surface area contributed by atoms with Crippen LogP contribution in [0, 0.1) is 5.92 Å². The summed E-state index contributed by atoms with van der Waals surface area (Å²) in [6.45, 7) is 1.49. The molecule has 2 rings (SSSR count). The van der Waals surface area contributed by atoms with Gasteiger partial charge >= 0.3 is 5.97 Å². The van der Waals surface area contributed by atoms with Gasteiger partial charge in [0.05, 0.1) is 6.10 Å². The summed E-state index contributed by atoms with van der Waals surface area (Å²) in [5.74, 6) is -0.425. The van der Waals surface area contributed by atoms with Crippen LogP contribution in [0.4, 0.5) is 0 Å². The lowest BCUT2D eigenvalue weighted by atomic mass is 9.95. The lowest BCUT2D eigenvalue weighted by Crippen LogP contribution is -2.23. The van der Waals surface area contributed by atoms with Crippen LogP contribution in [0.3, 0.4) is 0 Å². The third-order valence-electron chi connectivity index (χ3n) is 2.50. The number of epoxide rings is 1. The Bertz CT molecular complexity index is 185. The summed E-state index contributed by atoms with van der Waals surface area (Å²) >= 11 is 0. The highest BCUT2D eigenvalue weighted by atomic mass is 16.6. The van der Waals surface area contributed by atoms with Gasteiger partial charge in [0.25, 0.3) is 0 Å². The van der Waals surface area contributed by atoms with E-state index in [4.69, 9.17) is 14.6 Å². The molecule has 0 aliphatic carbocycles. The van der Waals surface area contributed by atoms with Crippen LogP contribution in [0.1, 0.15) is 12.8 Å². The fourth-order valence-corrected chi connectivity index (χ4v) is 1.73. The Morgan fingerprint density at radius 3 is 2.50 bits per heavy atom. The molecule has 0 aromatic rings.